The van der Waals surface area contributed by atoms with Crippen molar-refractivity contribution in [2.45, 2.75) is 20.8 Å². The van der Waals surface area contributed by atoms with Crippen LogP contribution in [-0.2, 0) is 4.57 Å². The predicted molar refractivity (Wildman–Crippen MR) is 99.4 cm³/mol. The molecular weight excluding hydrogens is 299 g/mol. The lowest BCUT2D eigenvalue weighted by Crippen LogP contribution is -2.05. The molecule has 0 aromatic heterocycles. The number of hydrogen-bond acceptors (Lipinski definition) is 1. The summed E-state index contributed by atoms with van der Waals surface area (Å²) in [5, 5.41) is 1.74. The van der Waals surface area contributed by atoms with E-state index in [9.17, 15) is 4.57 Å². The molecule has 3 rings (SSSR count). The van der Waals surface area contributed by atoms with Gasteiger partial charge >= 0.3 is 7.80 Å². The summed E-state index contributed by atoms with van der Waals surface area (Å²) in [5.74, 6) is 0. The molecule has 0 spiro atoms. The predicted octanol–water partition coefficient (Wildman–Crippen LogP) is 5.06. The van der Waals surface area contributed by atoms with Gasteiger partial charge in [0.15, 0.2) is 10.6 Å². The molecule has 0 aliphatic carbocycles. The highest BCUT2D eigenvalue weighted by atomic mass is 31.1. The molecule has 0 radical (unpaired) electrons. The van der Waals surface area contributed by atoms with Gasteiger partial charge in [0, 0.05) is 0 Å². The second-order valence-corrected chi connectivity index (χ2v) is 7.48. The van der Waals surface area contributed by atoms with Crippen LogP contribution in [0, 0.1) is 20.8 Å². The van der Waals surface area contributed by atoms with E-state index in [4.69, 9.17) is 0 Å². The molecule has 1 atom stereocenters. The molecule has 114 valence electrons. The van der Waals surface area contributed by atoms with Gasteiger partial charge in [-0.05, 0) is 85.0 Å². The van der Waals surface area contributed by atoms with Gasteiger partial charge in [-0.15, -0.1) is 0 Å². The van der Waals surface area contributed by atoms with Crippen molar-refractivity contribution in [3.05, 3.63) is 83.4 Å². The first-order valence-electron chi connectivity index (χ1n) is 7.77. The SMILES string of the molecule is Cc1ccc(-c2ccc([P+](=O)c3ccccc3)cc2)c(C)c1C. The van der Waals surface area contributed by atoms with Gasteiger partial charge in [0.25, 0.3) is 0 Å². The van der Waals surface area contributed by atoms with Crippen LogP contribution >= 0.6 is 7.80 Å². The average molecular weight is 319 g/mol. The van der Waals surface area contributed by atoms with Crippen LogP contribution in [0.2, 0.25) is 0 Å². The third kappa shape index (κ3) is 3.11. The third-order valence-electron chi connectivity index (χ3n) is 4.46. The zero-order valence-electron chi connectivity index (χ0n) is 13.7. The molecule has 2 heteroatoms. The highest BCUT2D eigenvalue weighted by Crippen LogP contribution is 2.28. The molecule has 0 aliphatic rings. The molecule has 23 heavy (non-hydrogen) atoms. The summed E-state index contributed by atoms with van der Waals surface area (Å²) < 4.78 is 12.6. The minimum absolute atomic E-state index is 0.872. The van der Waals surface area contributed by atoms with Gasteiger partial charge in [-0.3, -0.25) is 0 Å². The first kappa shape index (κ1) is 15.6. The number of hydrogen-bond donors (Lipinski definition) is 0. The summed E-state index contributed by atoms with van der Waals surface area (Å²) in [6, 6.07) is 22.1. The Bertz CT molecular complexity index is 849. The van der Waals surface area contributed by atoms with Gasteiger partial charge < -0.3 is 0 Å². The van der Waals surface area contributed by atoms with E-state index in [0.717, 1.165) is 10.6 Å². The Labute approximate surface area is 138 Å². The lowest BCUT2D eigenvalue weighted by Gasteiger charge is -2.11. The molecule has 0 bridgehead atoms. The topological polar surface area (TPSA) is 17.1 Å². The van der Waals surface area contributed by atoms with E-state index in [0.29, 0.717) is 0 Å². The smallest absolute Gasteiger partial charge is 0.0619 e. The monoisotopic (exact) mass is 319 g/mol. The van der Waals surface area contributed by atoms with Crippen LogP contribution < -0.4 is 10.6 Å². The van der Waals surface area contributed by atoms with Crippen molar-refractivity contribution in [3.8, 4) is 11.1 Å². The normalized spacial score (nSPS) is 11.3. The highest BCUT2D eigenvalue weighted by molar-refractivity contribution is 7.61. The average Bonchev–Trinajstić information content (AvgIpc) is 2.60. The molecule has 0 N–H and O–H groups in total. The van der Waals surface area contributed by atoms with Gasteiger partial charge in [0.05, 0.1) is 0 Å². The summed E-state index contributed by atoms with van der Waals surface area (Å²) in [6.45, 7) is 6.46. The van der Waals surface area contributed by atoms with Crippen molar-refractivity contribution in [1.29, 1.82) is 0 Å². The van der Waals surface area contributed by atoms with E-state index in [1.54, 1.807) is 0 Å². The zero-order chi connectivity index (χ0) is 16.4. The van der Waals surface area contributed by atoms with Crippen molar-refractivity contribution in [1.82, 2.24) is 0 Å². The summed E-state index contributed by atoms with van der Waals surface area (Å²) >= 11 is 0. The van der Waals surface area contributed by atoms with E-state index in [1.807, 2.05) is 42.5 Å². The quantitative estimate of drug-likeness (QED) is 0.617. The van der Waals surface area contributed by atoms with Crippen LogP contribution in [0.4, 0.5) is 0 Å². The lowest BCUT2D eigenvalue weighted by molar-refractivity contribution is 0.598. The van der Waals surface area contributed by atoms with E-state index in [1.165, 1.54) is 27.8 Å². The zero-order valence-corrected chi connectivity index (χ0v) is 14.6. The van der Waals surface area contributed by atoms with Gasteiger partial charge in [-0.25, -0.2) is 0 Å². The largest absolute Gasteiger partial charge is 0.415 e. The maximum atomic E-state index is 12.6. The standard InChI is InChI=1S/C21H20OP/c1-15-9-14-21(17(3)16(15)2)18-10-12-20(13-11-18)23(22)19-7-5-4-6-8-19/h4-14H,1-3H3/q+1. The maximum Gasteiger partial charge on any atom is 0.415 e. The summed E-state index contributed by atoms with van der Waals surface area (Å²) in [4.78, 5) is 0. The second-order valence-electron chi connectivity index (χ2n) is 5.86. The molecule has 0 saturated heterocycles. The fourth-order valence-corrected chi connectivity index (χ4v) is 3.92. The number of rotatable bonds is 3. The van der Waals surface area contributed by atoms with Gasteiger partial charge in [0.1, 0.15) is 0 Å². The molecule has 0 aliphatic heterocycles. The highest BCUT2D eigenvalue weighted by Gasteiger charge is 2.22. The molecule has 0 amide bonds. The number of aryl methyl sites for hydroxylation is 1. The Balaban J connectivity index is 1.94. The van der Waals surface area contributed by atoms with Crippen molar-refractivity contribution in [3.63, 3.8) is 0 Å². The van der Waals surface area contributed by atoms with Crippen LogP contribution in [0.15, 0.2) is 66.7 Å². The molecule has 3 aromatic rings. The molecular formula is C21H20OP+. The third-order valence-corrected chi connectivity index (χ3v) is 6.00. The molecule has 0 saturated carbocycles. The van der Waals surface area contributed by atoms with Crippen molar-refractivity contribution < 1.29 is 4.57 Å². The Morgan fingerprint density at radius 1 is 0.652 bits per heavy atom. The van der Waals surface area contributed by atoms with E-state index in [-0.39, 0.29) is 0 Å². The van der Waals surface area contributed by atoms with Gasteiger partial charge in [-0.2, -0.15) is 0 Å². The summed E-state index contributed by atoms with van der Waals surface area (Å²) in [6.07, 6.45) is 0. The van der Waals surface area contributed by atoms with Gasteiger partial charge in [0.2, 0.25) is 0 Å². The summed E-state index contributed by atoms with van der Waals surface area (Å²) in [5.41, 5.74) is 6.38. The van der Waals surface area contributed by atoms with Crippen LogP contribution in [0.3, 0.4) is 0 Å². The van der Waals surface area contributed by atoms with Crippen molar-refractivity contribution >= 4 is 18.4 Å². The Morgan fingerprint density at radius 2 is 1.26 bits per heavy atom. The summed E-state index contributed by atoms with van der Waals surface area (Å²) in [7, 11) is -1.52. The Kier molecular flexibility index (Phi) is 4.41. The molecule has 1 nitrogen and oxygen atoms in total. The van der Waals surface area contributed by atoms with Crippen molar-refractivity contribution in [2.24, 2.45) is 0 Å². The first-order chi connectivity index (χ1) is 11.1. The molecule has 3 aromatic carbocycles. The van der Waals surface area contributed by atoms with Crippen LogP contribution in [-0.4, -0.2) is 0 Å². The van der Waals surface area contributed by atoms with Crippen LogP contribution in [0.5, 0.6) is 0 Å². The minimum atomic E-state index is -1.52. The lowest BCUT2D eigenvalue weighted by atomic mass is 9.94. The van der Waals surface area contributed by atoms with E-state index >= 15 is 0 Å². The fourth-order valence-electron chi connectivity index (χ4n) is 2.76. The second kappa shape index (κ2) is 6.48. The number of benzene rings is 3. The molecule has 0 heterocycles. The van der Waals surface area contributed by atoms with Crippen LogP contribution in [0.25, 0.3) is 11.1 Å². The fraction of sp³-hybridized carbons (Fsp3) is 0.143. The Morgan fingerprint density at radius 3 is 1.91 bits per heavy atom. The van der Waals surface area contributed by atoms with Gasteiger partial charge in [-0.1, -0.05) is 34.9 Å². The van der Waals surface area contributed by atoms with E-state index in [2.05, 4.69) is 45.0 Å². The molecule has 1 unspecified atom stereocenters. The minimum Gasteiger partial charge on any atom is -0.0619 e. The van der Waals surface area contributed by atoms with Crippen LogP contribution in [0.1, 0.15) is 16.7 Å². The first-order valence-corrected chi connectivity index (χ1v) is 9.03. The Hall–Kier alpha value is -2.24. The maximum absolute atomic E-state index is 12.6. The van der Waals surface area contributed by atoms with Crippen molar-refractivity contribution in [2.75, 3.05) is 0 Å². The molecule has 0 fully saturated rings. The van der Waals surface area contributed by atoms with E-state index < -0.39 is 7.80 Å².